The van der Waals surface area contributed by atoms with E-state index in [0.29, 0.717) is 11.4 Å². The van der Waals surface area contributed by atoms with E-state index in [4.69, 9.17) is 0 Å². The Labute approximate surface area is 124 Å². The van der Waals surface area contributed by atoms with Crippen molar-refractivity contribution in [1.29, 1.82) is 0 Å². The molecule has 0 spiro atoms. The minimum absolute atomic E-state index is 0.0174. The van der Waals surface area contributed by atoms with Gasteiger partial charge in [0.15, 0.2) is 0 Å². The predicted octanol–water partition coefficient (Wildman–Crippen LogP) is 3.44. The highest BCUT2D eigenvalue weighted by atomic mass is 79.9. The molecular formula is C13H14BrN3OS. The Bertz CT molecular complexity index is 571. The van der Waals surface area contributed by atoms with E-state index in [2.05, 4.69) is 31.5 Å². The van der Waals surface area contributed by atoms with Crippen LogP contribution in [-0.2, 0) is 0 Å². The van der Waals surface area contributed by atoms with Gasteiger partial charge < -0.3 is 10.6 Å². The number of pyridine rings is 1. The van der Waals surface area contributed by atoms with Crippen molar-refractivity contribution in [1.82, 2.24) is 10.3 Å². The molecule has 0 aliphatic rings. The Hall–Kier alpha value is -1.40. The van der Waals surface area contributed by atoms with Gasteiger partial charge in [-0.2, -0.15) is 0 Å². The Morgan fingerprint density at radius 2 is 2.32 bits per heavy atom. The molecule has 2 aromatic heterocycles. The lowest BCUT2D eigenvalue weighted by Gasteiger charge is -2.14. The second kappa shape index (κ2) is 6.16. The summed E-state index contributed by atoms with van der Waals surface area (Å²) in [5.74, 6) is 0.429. The van der Waals surface area contributed by atoms with Gasteiger partial charge in [-0.3, -0.25) is 4.79 Å². The minimum atomic E-state index is -0.140. The Balaban J connectivity index is 2.18. The van der Waals surface area contributed by atoms with Gasteiger partial charge in [-0.25, -0.2) is 4.98 Å². The summed E-state index contributed by atoms with van der Waals surface area (Å²) in [6.07, 6.45) is 1.66. The van der Waals surface area contributed by atoms with Gasteiger partial charge >= 0.3 is 0 Å². The molecule has 0 aliphatic carbocycles. The number of anilines is 1. The number of hydrogen-bond acceptors (Lipinski definition) is 4. The molecule has 0 aromatic carbocycles. The van der Waals surface area contributed by atoms with Crippen LogP contribution in [0.25, 0.3) is 0 Å². The van der Waals surface area contributed by atoms with Crippen molar-refractivity contribution >= 4 is 39.0 Å². The Kier molecular flexibility index (Phi) is 4.55. The average molecular weight is 340 g/mol. The highest BCUT2D eigenvalue weighted by Crippen LogP contribution is 2.21. The lowest BCUT2D eigenvalue weighted by atomic mass is 10.2. The predicted molar refractivity (Wildman–Crippen MR) is 81.7 cm³/mol. The zero-order valence-electron chi connectivity index (χ0n) is 10.6. The maximum absolute atomic E-state index is 12.3. The van der Waals surface area contributed by atoms with E-state index >= 15 is 0 Å². The van der Waals surface area contributed by atoms with Crippen LogP contribution in [0.4, 0.5) is 5.82 Å². The molecule has 1 atom stereocenters. The number of rotatable bonds is 4. The van der Waals surface area contributed by atoms with E-state index in [9.17, 15) is 4.79 Å². The SMILES string of the molecule is CNc1ncc(Br)cc1C(=O)NC(C)c1cccs1. The second-order valence-corrected chi connectivity index (χ2v) is 5.91. The Morgan fingerprint density at radius 1 is 1.53 bits per heavy atom. The van der Waals surface area contributed by atoms with E-state index in [1.54, 1.807) is 30.6 Å². The normalized spacial score (nSPS) is 11.9. The number of hydrogen-bond donors (Lipinski definition) is 2. The molecule has 100 valence electrons. The van der Waals surface area contributed by atoms with Gasteiger partial charge in [0, 0.05) is 22.6 Å². The molecule has 2 aromatic rings. The smallest absolute Gasteiger partial charge is 0.255 e. The minimum Gasteiger partial charge on any atom is -0.372 e. The van der Waals surface area contributed by atoms with Crippen molar-refractivity contribution in [2.75, 3.05) is 12.4 Å². The molecule has 2 heterocycles. The van der Waals surface area contributed by atoms with Crippen molar-refractivity contribution in [3.8, 4) is 0 Å². The van der Waals surface area contributed by atoms with Crippen LogP contribution in [0, 0.1) is 0 Å². The van der Waals surface area contributed by atoms with Crippen LogP contribution in [0.3, 0.4) is 0 Å². The average Bonchev–Trinajstić information content (AvgIpc) is 2.92. The van der Waals surface area contributed by atoms with E-state index in [1.807, 2.05) is 24.4 Å². The lowest BCUT2D eigenvalue weighted by molar-refractivity contribution is 0.0941. The third-order valence-corrected chi connectivity index (χ3v) is 4.14. The number of aromatic nitrogens is 1. The summed E-state index contributed by atoms with van der Waals surface area (Å²) in [5, 5.41) is 7.89. The van der Waals surface area contributed by atoms with Crippen LogP contribution in [-0.4, -0.2) is 17.9 Å². The zero-order valence-corrected chi connectivity index (χ0v) is 13.0. The molecule has 0 bridgehead atoms. The second-order valence-electron chi connectivity index (χ2n) is 4.01. The fourth-order valence-corrected chi connectivity index (χ4v) is 2.76. The summed E-state index contributed by atoms with van der Waals surface area (Å²) in [6.45, 7) is 1.97. The number of carbonyl (C=O) groups is 1. The first-order valence-electron chi connectivity index (χ1n) is 5.79. The highest BCUT2D eigenvalue weighted by Gasteiger charge is 2.16. The summed E-state index contributed by atoms with van der Waals surface area (Å²) in [4.78, 5) is 17.6. The summed E-state index contributed by atoms with van der Waals surface area (Å²) < 4.78 is 0.778. The summed E-state index contributed by atoms with van der Waals surface area (Å²) >= 11 is 4.96. The molecule has 2 rings (SSSR count). The fourth-order valence-electron chi connectivity index (χ4n) is 1.69. The molecule has 1 amide bonds. The molecule has 0 aliphatic heterocycles. The van der Waals surface area contributed by atoms with Crippen molar-refractivity contribution in [3.05, 3.63) is 44.7 Å². The van der Waals surface area contributed by atoms with Crippen LogP contribution in [0.2, 0.25) is 0 Å². The third kappa shape index (κ3) is 3.33. The maximum Gasteiger partial charge on any atom is 0.255 e. The first kappa shape index (κ1) is 14.0. The molecule has 2 N–H and O–H groups in total. The van der Waals surface area contributed by atoms with Gasteiger partial charge in [0.25, 0.3) is 5.91 Å². The molecule has 1 unspecified atom stereocenters. The van der Waals surface area contributed by atoms with Gasteiger partial charge in [-0.15, -0.1) is 11.3 Å². The molecule has 0 radical (unpaired) electrons. The van der Waals surface area contributed by atoms with Crippen molar-refractivity contribution in [2.45, 2.75) is 13.0 Å². The molecule has 0 saturated heterocycles. The van der Waals surface area contributed by atoms with Gasteiger partial charge in [-0.1, -0.05) is 6.07 Å². The van der Waals surface area contributed by atoms with Crippen LogP contribution in [0.5, 0.6) is 0 Å². The van der Waals surface area contributed by atoms with E-state index in [0.717, 1.165) is 9.35 Å². The third-order valence-electron chi connectivity index (χ3n) is 2.65. The molecular weight excluding hydrogens is 326 g/mol. The van der Waals surface area contributed by atoms with Crippen molar-refractivity contribution < 1.29 is 4.79 Å². The first-order valence-corrected chi connectivity index (χ1v) is 7.46. The number of nitrogens with one attached hydrogen (secondary N) is 2. The molecule has 0 saturated carbocycles. The van der Waals surface area contributed by atoms with Crippen LogP contribution >= 0.6 is 27.3 Å². The molecule has 0 fully saturated rings. The molecule has 19 heavy (non-hydrogen) atoms. The molecule has 6 heteroatoms. The number of halogens is 1. The maximum atomic E-state index is 12.3. The summed E-state index contributed by atoms with van der Waals surface area (Å²) in [6, 6.07) is 5.72. The number of thiophene rings is 1. The van der Waals surface area contributed by atoms with Crippen LogP contribution in [0.15, 0.2) is 34.2 Å². The van der Waals surface area contributed by atoms with Gasteiger partial charge in [0.2, 0.25) is 0 Å². The molecule has 4 nitrogen and oxygen atoms in total. The number of carbonyl (C=O) groups excluding carboxylic acids is 1. The number of nitrogens with zero attached hydrogens (tertiary/aromatic N) is 1. The van der Waals surface area contributed by atoms with Crippen molar-refractivity contribution in [2.24, 2.45) is 0 Å². The summed E-state index contributed by atoms with van der Waals surface area (Å²) in [5.41, 5.74) is 0.528. The lowest BCUT2D eigenvalue weighted by Crippen LogP contribution is -2.27. The largest absolute Gasteiger partial charge is 0.372 e. The fraction of sp³-hybridized carbons (Fsp3) is 0.231. The van der Waals surface area contributed by atoms with E-state index in [1.165, 1.54) is 0 Å². The van der Waals surface area contributed by atoms with Gasteiger partial charge in [0.05, 0.1) is 11.6 Å². The van der Waals surface area contributed by atoms with E-state index < -0.39 is 0 Å². The topological polar surface area (TPSA) is 54.0 Å². The van der Waals surface area contributed by atoms with Crippen LogP contribution < -0.4 is 10.6 Å². The van der Waals surface area contributed by atoms with Gasteiger partial charge in [0.1, 0.15) is 5.82 Å². The zero-order chi connectivity index (χ0) is 13.8. The van der Waals surface area contributed by atoms with E-state index in [-0.39, 0.29) is 11.9 Å². The standard InChI is InChI=1S/C13H14BrN3OS/c1-8(11-4-3-5-19-11)17-13(18)10-6-9(14)7-16-12(10)15-2/h3-8H,1-2H3,(H,15,16)(H,17,18). The quantitative estimate of drug-likeness (QED) is 0.897. The van der Waals surface area contributed by atoms with Gasteiger partial charge in [-0.05, 0) is 40.4 Å². The van der Waals surface area contributed by atoms with Crippen molar-refractivity contribution in [3.63, 3.8) is 0 Å². The summed E-state index contributed by atoms with van der Waals surface area (Å²) in [7, 11) is 1.75. The first-order chi connectivity index (χ1) is 9.11. The monoisotopic (exact) mass is 339 g/mol. The number of amides is 1. The van der Waals surface area contributed by atoms with Crippen LogP contribution in [0.1, 0.15) is 28.2 Å². The highest BCUT2D eigenvalue weighted by molar-refractivity contribution is 9.10. The Morgan fingerprint density at radius 3 is 2.95 bits per heavy atom.